The number of piperidine rings is 1. The number of amides is 2. The lowest BCUT2D eigenvalue weighted by molar-refractivity contribution is -0.130. The van der Waals surface area contributed by atoms with Crippen molar-refractivity contribution in [2.24, 2.45) is 11.7 Å². The fourth-order valence-electron chi connectivity index (χ4n) is 4.11. The van der Waals surface area contributed by atoms with Gasteiger partial charge < -0.3 is 20.7 Å². The summed E-state index contributed by atoms with van der Waals surface area (Å²) >= 11 is 0. The number of carbonyl (C=O) groups excluding carboxylic acids is 2. The van der Waals surface area contributed by atoms with Crippen molar-refractivity contribution in [2.45, 2.75) is 26.7 Å². The number of likely N-dealkylation sites (tertiary alicyclic amines) is 1. The summed E-state index contributed by atoms with van der Waals surface area (Å²) < 4.78 is 33.3. The van der Waals surface area contributed by atoms with Gasteiger partial charge in [0.1, 0.15) is 28.6 Å². The van der Waals surface area contributed by atoms with E-state index in [1.165, 1.54) is 25.5 Å². The number of hydrogen-bond donors (Lipinski definition) is 4. The van der Waals surface area contributed by atoms with Gasteiger partial charge in [-0.2, -0.15) is 5.10 Å². The van der Waals surface area contributed by atoms with Crippen LogP contribution in [0.3, 0.4) is 0 Å². The van der Waals surface area contributed by atoms with Crippen molar-refractivity contribution in [1.29, 1.82) is 0 Å². The second-order valence-electron chi connectivity index (χ2n) is 8.88. The largest absolute Gasteiger partial charge is 0.491 e. The maximum absolute atomic E-state index is 12.4. The summed E-state index contributed by atoms with van der Waals surface area (Å²) in [5, 5.41) is 9.98. The Morgan fingerprint density at radius 3 is 2.63 bits per heavy atom. The van der Waals surface area contributed by atoms with E-state index in [1.807, 2.05) is 0 Å². The van der Waals surface area contributed by atoms with E-state index < -0.39 is 15.9 Å². The molecule has 14 heteroatoms. The fourth-order valence-corrected chi connectivity index (χ4v) is 4.76. The lowest BCUT2D eigenvalue weighted by Gasteiger charge is -2.31. The van der Waals surface area contributed by atoms with Crippen LogP contribution in [-0.2, 0) is 14.8 Å². The van der Waals surface area contributed by atoms with E-state index in [-0.39, 0.29) is 46.1 Å². The molecule has 5 N–H and O–H groups in total. The van der Waals surface area contributed by atoms with Crippen LogP contribution in [0.1, 0.15) is 37.0 Å². The van der Waals surface area contributed by atoms with Crippen LogP contribution >= 0.6 is 0 Å². The molecule has 38 heavy (non-hydrogen) atoms. The number of nitrogens with one attached hydrogen (secondary N) is 3. The summed E-state index contributed by atoms with van der Waals surface area (Å²) in [7, 11) is -3.58. The predicted molar refractivity (Wildman–Crippen MR) is 141 cm³/mol. The van der Waals surface area contributed by atoms with E-state index in [0.29, 0.717) is 31.1 Å². The molecule has 0 unspecified atom stereocenters. The number of H-pyrrole nitrogens is 1. The van der Waals surface area contributed by atoms with Gasteiger partial charge >= 0.3 is 0 Å². The predicted octanol–water partition coefficient (Wildman–Crippen LogP) is 2.11. The molecule has 3 heterocycles. The van der Waals surface area contributed by atoms with Gasteiger partial charge in [0.05, 0.1) is 24.2 Å². The second kappa shape index (κ2) is 11.5. The molecule has 2 aromatic heterocycles. The van der Waals surface area contributed by atoms with Gasteiger partial charge in [0.2, 0.25) is 15.9 Å². The molecule has 1 aliphatic heterocycles. The van der Waals surface area contributed by atoms with Gasteiger partial charge in [-0.15, -0.1) is 0 Å². The topological polar surface area (TPSA) is 185 Å². The summed E-state index contributed by atoms with van der Waals surface area (Å²) in [6.45, 7) is 4.72. The quantitative estimate of drug-likeness (QED) is 0.298. The van der Waals surface area contributed by atoms with Crippen LogP contribution in [-0.4, -0.2) is 70.7 Å². The zero-order valence-electron chi connectivity index (χ0n) is 21.1. The first-order valence-electron chi connectivity index (χ1n) is 12.1. The highest BCUT2D eigenvalue weighted by Gasteiger charge is 2.24. The van der Waals surface area contributed by atoms with E-state index in [2.05, 4.69) is 30.2 Å². The average molecular weight is 543 g/mol. The van der Waals surface area contributed by atoms with Crippen molar-refractivity contribution in [3.63, 3.8) is 0 Å². The lowest BCUT2D eigenvalue weighted by Crippen LogP contribution is -2.38. The molecule has 1 aromatic carbocycles. The Balaban J connectivity index is 1.62. The Hall–Kier alpha value is -4.20. The third-order valence-electron chi connectivity index (χ3n) is 6.26. The number of anilines is 3. The first kappa shape index (κ1) is 26.9. The van der Waals surface area contributed by atoms with Gasteiger partial charge in [0, 0.05) is 38.0 Å². The van der Waals surface area contributed by atoms with Gasteiger partial charge in [-0.1, -0.05) is 6.07 Å². The van der Waals surface area contributed by atoms with Gasteiger partial charge in [0.25, 0.3) is 5.91 Å². The van der Waals surface area contributed by atoms with Crippen molar-refractivity contribution in [2.75, 3.05) is 35.5 Å². The number of sulfonamides is 1. The maximum Gasteiger partial charge on any atom is 0.254 e. The number of aromatic nitrogens is 4. The number of benzene rings is 1. The van der Waals surface area contributed by atoms with Crippen LogP contribution in [0.2, 0.25) is 0 Å². The van der Waals surface area contributed by atoms with Crippen molar-refractivity contribution < 1.29 is 22.7 Å². The van der Waals surface area contributed by atoms with E-state index in [9.17, 15) is 18.0 Å². The summed E-state index contributed by atoms with van der Waals surface area (Å²) in [5.74, 6) is 0.314. The zero-order valence-corrected chi connectivity index (χ0v) is 21.9. The number of rotatable bonds is 10. The third-order valence-corrected chi connectivity index (χ3v) is 7.55. The molecule has 4 rings (SSSR count). The molecule has 3 aromatic rings. The van der Waals surface area contributed by atoms with Gasteiger partial charge in [0.15, 0.2) is 0 Å². The first-order chi connectivity index (χ1) is 18.2. The summed E-state index contributed by atoms with van der Waals surface area (Å²) in [6.07, 6.45) is 6.04. The third kappa shape index (κ3) is 6.37. The zero-order chi connectivity index (χ0) is 27.3. The number of carbonyl (C=O) groups is 2. The molecule has 1 saturated heterocycles. The van der Waals surface area contributed by atoms with E-state index in [0.717, 1.165) is 12.8 Å². The molecule has 0 spiro atoms. The van der Waals surface area contributed by atoms with Gasteiger partial charge in [-0.05, 0) is 37.8 Å². The number of nitrogens with zero attached hydrogens (tertiary/aromatic N) is 4. The molecular formula is C24H30N8O5S. The molecule has 0 bridgehead atoms. The minimum Gasteiger partial charge on any atom is -0.491 e. The molecule has 1 aliphatic rings. The average Bonchev–Trinajstić information content (AvgIpc) is 3.32. The maximum atomic E-state index is 12.4. The summed E-state index contributed by atoms with van der Waals surface area (Å²) in [5.41, 5.74) is 6.80. The molecule has 202 valence electrons. The molecule has 0 saturated carbocycles. The van der Waals surface area contributed by atoms with Crippen LogP contribution in [0.15, 0.2) is 36.8 Å². The smallest absolute Gasteiger partial charge is 0.254 e. The Morgan fingerprint density at radius 2 is 2.00 bits per heavy atom. The molecular weight excluding hydrogens is 512 g/mol. The van der Waals surface area contributed by atoms with Crippen molar-refractivity contribution in [3.05, 3.63) is 42.4 Å². The number of primary amides is 1. The number of aromatic amines is 1. The molecule has 0 atom stereocenters. The minimum atomic E-state index is -3.58. The van der Waals surface area contributed by atoms with Crippen LogP contribution in [0, 0.1) is 5.92 Å². The Morgan fingerprint density at radius 1 is 1.24 bits per heavy atom. The van der Waals surface area contributed by atoms with Gasteiger partial charge in [-0.25, -0.2) is 13.4 Å². The molecule has 2 amide bonds. The Kier molecular flexibility index (Phi) is 8.10. The molecule has 1 fully saturated rings. The standard InChI is InChI=1S/C24H30N8O5S/c1-3-38(35,36)31-18-5-4-17(12-19(18)37-14-16-6-10-32(11-7-16)15(2)33)22-21(23(25)34)24(30-29-22)28-20-13-26-8-9-27-20/h4-5,8-9,12-13,16,31H,3,6-7,10-11,14H2,1-2H3,(H2,25,34)(H2,27,28,29,30). The van der Waals surface area contributed by atoms with E-state index >= 15 is 0 Å². The normalized spacial score (nSPS) is 14.2. The molecule has 0 radical (unpaired) electrons. The van der Waals surface area contributed by atoms with Gasteiger partial charge in [-0.3, -0.25) is 24.4 Å². The Bertz CT molecular complexity index is 1400. The summed E-state index contributed by atoms with van der Waals surface area (Å²) in [4.78, 5) is 33.9. The van der Waals surface area contributed by atoms with Crippen LogP contribution in [0.5, 0.6) is 5.75 Å². The first-order valence-corrected chi connectivity index (χ1v) is 13.8. The fraction of sp³-hybridized carbons (Fsp3) is 0.375. The van der Waals surface area contributed by atoms with Crippen molar-refractivity contribution in [1.82, 2.24) is 25.1 Å². The SMILES string of the molecule is CCS(=O)(=O)Nc1ccc(-c2n[nH]c(Nc3cnccn3)c2C(N)=O)cc1OCC1CCN(C(C)=O)CC1. The van der Waals surface area contributed by atoms with E-state index in [4.69, 9.17) is 10.5 Å². The second-order valence-corrected chi connectivity index (χ2v) is 10.9. The van der Waals surface area contributed by atoms with Crippen LogP contribution in [0.4, 0.5) is 17.3 Å². The van der Waals surface area contributed by atoms with E-state index in [1.54, 1.807) is 30.0 Å². The highest BCUT2D eigenvalue weighted by atomic mass is 32.2. The molecule has 0 aliphatic carbocycles. The lowest BCUT2D eigenvalue weighted by atomic mass is 9.98. The minimum absolute atomic E-state index is 0.0470. The number of nitrogens with two attached hydrogens (primary N) is 1. The highest BCUT2D eigenvalue weighted by Crippen LogP contribution is 2.35. The highest BCUT2D eigenvalue weighted by molar-refractivity contribution is 7.92. The van der Waals surface area contributed by atoms with Crippen molar-refractivity contribution >= 4 is 39.2 Å². The number of ether oxygens (including phenoxy) is 1. The van der Waals surface area contributed by atoms with Crippen molar-refractivity contribution in [3.8, 4) is 17.0 Å². The summed E-state index contributed by atoms with van der Waals surface area (Å²) in [6, 6.07) is 4.80. The molecule has 13 nitrogen and oxygen atoms in total. The monoisotopic (exact) mass is 542 g/mol. The van der Waals surface area contributed by atoms with Crippen LogP contribution in [0.25, 0.3) is 11.3 Å². The number of hydrogen-bond acceptors (Lipinski definition) is 9. The Labute approximate surface area is 220 Å². The van der Waals surface area contributed by atoms with Crippen LogP contribution < -0.4 is 20.5 Å².